The maximum atomic E-state index is 14.5. The molecule has 0 spiro atoms. The Bertz CT molecular complexity index is 1030. The Balaban J connectivity index is 1.48. The molecule has 0 saturated heterocycles. The molecule has 6 nitrogen and oxygen atoms in total. The molecule has 2 heterocycles. The summed E-state index contributed by atoms with van der Waals surface area (Å²) in [5.74, 6) is -1.68. The van der Waals surface area contributed by atoms with Crippen molar-refractivity contribution >= 4 is 23.4 Å². The smallest absolute Gasteiger partial charge is 0.277 e. The van der Waals surface area contributed by atoms with E-state index in [-0.39, 0.29) is 18.1 Å². The van der Waals surface area contributed by atoms with Crippen molar-refractivity contribution < 1.29 is 18.8 Å². The van der Waals surface area contributed by atoms with E-state index in [9.17, 15) is 18.8 Å². The summed E-state index contributed by atoms with van der Waals surface area (Å²) < 4.78 is 14.5. The van der Waals surface area contributed by atoms with Gasteiger partial charge in [0.1, 0.15) is 11.5 Å². The van der Waals surface area contributed by atoms with E-state index < -0.39 is 17.6 Å². The van der Waals surface area contributed by atoms with Crippen molar-refractivity contribution in [2.45, 2.75) is 12.8 Å². The number of benzene rings is 2. The van der Waals surface area contributed by atoms with Gasteiger partial charge in [-0.25, -0.2) is 4.39 Å². The zero-order chi connectivity index (χ0) is 20.5. The fourth-order valence-corrected chi connectivity index (χ4v) is 3.74. The van der Waals surface area contributed by atoms with Gasteiger partial charge in [-0.05, 0) is 36.1 Å². The van der Waals surface area contributed by atoms with E-state index in [2.05, 4.69) is 5.32 Å². The lowest BCUT2D eigenvalue weighted by atomic mass is 10.0. The van der Waals surface area contributed by atoms with Crippen molar-refractivity contribution in [2.24, 2.45) is 0 Å². The Hall–Kier alpha value is -3.48. The van der Waals surface area contributed by atoms with Crippen LogP contribution in [0.15, 0.2) is 59.8 Å². The summed E-state index contributed by atoms with van der Waals surface area (Å²) in [4.78, 5) is 39.6. The zero-order valence-corrected chi connectivity index (χ0v) is 15.9. The van der Waals surface area contributed by atoms with E-state index in [0.29, 0.717) is 36.2 Å². The number of hydrogen-bond acceptors (Lipinski definition) is 4. The van der Waals surface area contributed by atoms with Crippen LogP contribution in [0.2, 0.25) is 0 Å². The van der Waals surface area contributed by atoms with Gasteiger partial charge in [-0.2, -0.15) is 0 Å². The summed E-state index contributed by atoms with van der Waals surface area (Å²) in [6, 6.07) is 14.0. The Kier molecular flexibility index (Phi) is 4.88. The van der Waals surface area contributed by atoms with Crippen LogP contribution >= 0.6 is 0 Å². The van der Waals surface area contributed by atoms with Crippen molar-refractivity contribution in [3.63, 3.8) is 0 Å². The maximum absolute atomic E-state index is 14.5. The largest absolute Gasteiger partial charge is 0.357 e. The van der Waals surface area contributed by atoms with E-state index in [1.807, 2.05) is 30.3 Å². The molecule has 0 atom stereocenters. The number of nitrogens with one attached hydrogen (secondary N) is 1. The Morgan fingerprint density at radius 3 is 2.55 bits per heavy atom. The van der Waals surface area contributed by atoms with Crippen LogP contribution in [-0.4, -0.2) is 47.7 Å². The van der Waals surface area contributed by atoms with Crippen molar-refractivity contribution in [2.75, 3.05) is 25.5 Å². The molecule has 4 rings (SSSR count). The molecule has 0 aromatic heterocycles. The van der Waals surface area contributed by atoms with Gasteiger partial charge in [0.15, 0.2) is 0 Å². The first-order chi connectivity index (χ1) is 14.0. The lowest BCUT2D eigenvalue weighted by molar-refractivity contribution is -0.136. The van der Waals surface area contributed by atoms with E-state index in [0.717, 1.165) is 10.5 Å². The quantitative estimate of drug-likeness (QED) is 0.811. The van der Waals surface area contributed by atoms with Crippen LogP contribution in [0.3, 0.4) is 0 Å². The molecule has 3 amide bonds. The molecule has 0 radical (unpaired) electrons. The molecule has 0 saturated carbocycles. The summed E-state index contributed by atoms with van der Waals surface area (Å²) in [7, 11) is 1.44. The average molecular weight is 393 g/mol. The molecule has 2 aromatic rings. The monoisotopic (exact) mass is 393 g/mol. The van der Waals surface area contributed by atoms with Gasteiger partial charge in [-0.1, -0.05) is 36.4 Å². The lowest BCUT2D eigenvalue weighted by Gasteiger charge is -2.28. The molecule has 7 heteroatoms. The van der Waals surface area contributed by atoms with Crippen LogP contribution in [-0.2, 0) is 14.4 Å². The van der Waals surface area contributed by atoms with Gasteiger partial charge in [-0.3, -0.25) is 19.3 Å². The van der Waals surface area contributed by atoms with E-state index >= 15 is 0 Å². The normalized spacial score (nSPS) is 16.3. The Morgan fingerprint density at radius 1 is 1.07 bits per heavy atom. The number of hydrogen-bond donors (Lipinski definition) is 1. The third-order valence-electron chi connectivity index (χ3n) is 5.21. The van der Waals surface area contributed by atoms with Gasteiger partial charge in [0.05, 0.1) is 12.2 Å². The number of anilines is 1. The topological polar surface area (TPSA) is 69.7 Å². The van der Waals surface area contributed by atoms with Gasteiger partial charge in [-0.15, -0.1) is 0 Å². The highest BCUT2D eigenvalue weighted by Crippen LogP contribution is 2.30. The summed E-state index contributed by atoms with van der Waals surface area (Å²) in [5.41, 5.74) is 2.41. The molecule has 2 aromatic carbocycles. The van der Waals surface area contributed by atoms with Crippen molar-refractivity contribution in [3.05, 3.63) is 65.6 Å². The summed E-state index contributed by atoms with van der Waals surface area (Å²) in [6.45, 7) is 0.375. The minimum atomic E-state index is -0.537. The van der Waals surface area contributed by atoms with Crippen LogP contribution in [0.4, 0.5) is 10.1 Å². The van der Waals surface area contributed by atoms with Crippen LogP contribution in [0.25, 0.3) is 11.1 Å². The second-order valence-electron chi connectivity index (χ2n) is 7.13. The Morgan fingerprint density at radius 2 is 1.83 bits per heavy atom. The number of halogens is 1. The van der Waals surface area contributed by atoms with E-state index in [4.69, 9.17) is 0 Å². The molecule has 2 aliphatic rings. The Labute approximate surface area is 167 Å². The fraction of sp³-hybridized carbons (Fsp3) is 0.227. The summed E-state index contributed by atoms with van der Waals surface area (Å²) in [6.07, 6.45) is 1.21. The van der Waals surface area contributed by atoms with Gasteiger partial charge in [0.2, 0.25) is 5.91 Å². The highest BCUT2D eigenvalue weighted by atomic mass is 19.1. The molecule has 29 heavy (non-hydrogen) atoms. The third kappa shape index (κ3) is 3.51. The first kappa shape index (κ1) is 18.9. The first-order valence-electron chi connectivity index (χ1n) is 9.41. The number of likely N-dealkylation sites (N-methyl/N-ethyl adjacent to an activating group) is 1. The third-order valence-corrected chi connectivity index (χ3v) is 5.21. The molecule has 0 fully saturated rings. The highest BCUT2D eigenvalue weighted by Gasteiger charge is 2.40. The van der Waals surface area contributed by atoms with Crippen molar-refractivity contribution in [3.8, 4) is 11.1 Å². The molecule has 1 N–H and O–H groups in total. The lowest BCUT2D eigenvalue weighted by Crippen LogP contribution is -2.38. The maximum Gasteiger partial charge on any atom is 0.277 e. The van der Waals surface area contributed by atoms with Crippen LogP contribution in [0.5, 0.6) is 0 Å². The fourth-order valence-electron chi connectivity index (χ4n) is 3.74. The van der Waals surface area contributed by atoms with Gasteiger partial charge < -0.3 is 10.2 Å². The van der Waals surface area contributed by atoms with Crippen LogP contribution in [0, 0.1) is 5.82 Å². The van der Waals surface area contributed by atoms with Crippen molar-refractivity contribution in [1.29, 1.82) is 0 Å². The summed E-state index contributed by atoms with van der Waals surface area (Å²) >= 11 is 0. The number of carbonyl (C=O) groups excluding carboxylic acids is 3. The number of nitrogens with zero attached hydrogens (tertiary/aromatic N) is 2. The molecule has 0 unspecified atom stereocenters. The molecular weight excluding hydrogens is 373 g/mol. The standard InChI is InChI=1S/C22H20FN3O3/c1-25-21(28)16-8-5-11-26(20(16)22(25)29)13-19(27)24-18-10-9-15(12-17(18)23)14-6-3-2-4-7-14/h2-4,6-7,9-10,12H,5,8,11,13H2,1H3,(H,24,27). The minimum Gasteiger partial charge on any atom is -0.357 e. The van der Waals surface area contributed by atoms with Gasteiger partial charge in [0, 0.05) is 19.2 Å². The predicted octanol–water partition coefficient (Wildman–Crippen LogP) is 2.78. The average Bonchev–Trinajstić information content (AvgIpc) is 2.95. The minimum absolute atomic E-state index is 0.0758. The predicted molar refractivity (Wildman–Crippen MR) is 106 cm³/mol. The van der Waals surface area contributed by atoms with Gasteiger partial charge in [0.25, 0.3) is 11.8 Å². The van der Waals surface area contributed by atoms with Crippen molar-refractivity contribution in [1.82, 2.24) is 9.80 Å². The second-order valence-corrected chi connectivity index (χ2v) is 7.13. The molecule has 148 valence electrons. The van der Waals surface area contributed by atoms with E-state index in [1.165, 1.54) is 19.2 Å². The highest BCUT2D eigenvalue weighted by molar-refractivity contribution is 6.19. The SMILES string of the molecule is CN1C(=O)C2=C(C1=O)N(CC(=O)Nc1ccc(-c3ccccc3)cc1F)CCC2. The molecule has 0 bridgehead atoms. The van der Waals surface area contributed by atoms with E-state index in [1.54, 1.807) is 11.0 Å². The zero-order valence-electron chi connectivity index (χ0n) is 15.9. The number of rotatable bonds is 4. The number of carbonyl (C=O) groups is 3. The first-order valence-corrected chi connectivity index (χ1v) is 9.41. The molecule has 0 aliphatic carbocycles. The number of amides is 3. The van der Waals surface area contributed by atoms with Crippen LogP contribution in [0.1, 0.15) is 12.8 Å². The summed E-state index contributed by atoms with van der Waals surface area (Å²) in [5, 5.41) is 2.57. The molecular formula is C22H20FN3O3. The van der Waals surface area contributed by atoms with Crippen LogP contribution < -0.4 is 5.32 Å². The second kappa shape index (κ2) is 7.50. The number of imide groups is 1. The van der Waals surface area contributed by atoms with Gasteiger partial charge >= 0.3 is 0 Å². The molecule has 2 aliphatic heterocycles.